The fraction of sp³-hybridized carbons (Fsp3) is 0.179. The summed E-state index contributed by atoms with van der Waals surface area (Å²) < 4.78 is 13.9. The van der Waals surface area contributed by atoms with Gasteiger partial charge < -0.3 is 10.3 Å². The molecule has 7 rings (SSSR count). The van der Waals surface area contributed by atoms with Crippen LogP contribution in [-0.2, 0) is 26.3 Å². The van der Waals surface area contributed by atoms with E-state index in [0.29, 0.717) is 22.7 Å². The molecular formula is C28H19Cl2FN4O3. The van der Waals surface area contributed by atoms with Crippen molar-refractivity contribution in [1.29, 1.82) is 0 Å². The van der Waals surface area contributed by atoms with Crippen molar-refractivity contribution in [2.24, 2.45) is 11.8 Å². The Morgan fingerprint density at radius 1 is 0.974 bits per heavy atom. The Kier molecular flexibility index (Phi) is 5.01. The number of nitrogens with zero attached hydrogens (tertiary/aromatic N) is 1. The maximum absolute atomic E-state index is 14.1. The van der Waals surface area contributed by atoms with Gasteiger partial charge in [-0.1, -0.05) is 41.4 Å². The van der Waals surface area contributed by atoms with Crippen molar-refractivity contribution in [2.75, 3.05) is 10.2 Å². The van der Waals surface area contributed by atoms with Crippen LogP contribution in [0.1, 0.15) is 11.1 Å². The Hall–Kier alpha value is -3.72. The minimum absolute atomic E-state index is 0.159. The highest BCUT2D eigenvalue weighted by molar-refractivity contribution is 6.32. The number of benzene rings is 3. The zero-order valence-electron chi connectivity index (χ0n) is 19.6. The second-order valence-corrected chi connectivity index (χ2v) is 10.7. The Bertz CT molecular complexity index is 1700. The van der Waals surface area contributed by atoms with Crippen LogP contribution in [0.3, 0.4) is 0 Å². The van der Waals surface area contributed by atoms with E-state index in [-0.39, 0.29) is 10.7 Å². The first-order valence-corrected chi connectivity index (χ1v) is 12.8. The monoisotopic (exact) mass is 548 g/mol. The molecule has 38 heavy (non-hydrogen) atoms. The number of anilines is 2. The van der Waals surface area contributed by atoms with Crippen molar-refractivity contribution in [3.63, 3.8) is 0 Å². The molecule has 1 aromatic heterocycles. The third-order valence-electron chi connectivity index (χ3n) is 7.95. The van der Waals surface area contributed by atoms with Gasteiger partial charge in [0, 0.05) is 39.4 Å². The number of nitrogens with one attached hydrogen (secondary N) is 3. The molecule has 190 valence electrons. The normalized spacial score (nSPS) is 25.9. The summed E-state index contributed by atoms with van der Waals surface area (Å²) in [6, 6.07) is 15.9. The molecule has 10 heteroatoms. The summed E-state index contributed by atoms with van der Waals surface area (Å²) in [5.41, 5.74) is 1.59. The van der Waals surface area contributed by atoms with Crippen molar-refractivity contribution >= 4 is 63.2 Å². The molecule has 3 aliphatic rings. The molecule has 0 aliphatic carbocycles. The molecule has 1 spiro atoms. The molecule has 2 fully saturated rings. The number of para-hydroxylation sites is 1. The van der Waals surface area contributed by atoms with Gasteiger partial charge in [-0.3, -0.25) is 19.7 Å². The highest BCUT2D eigenvalue weighted by atomic mass is 35.5. The molecule has 0 saturated carbocycles. The Balaban J connectivity index is 1.39. The van der Waals surface area contributed by atoms with Crippen LogP contribution in [-0.4, -0.2) is 28.7 Å². The summed E-state index contributed by atoms with van der Waals surface area (Å²) >= 11 is 12.3. The molecule has 7 nitrogen and oxygen atoms in total. The first kappa shape index (κ1) is 23.4. The Morgan fingerprint density at radius 3 is 2.61 bits per heavy atom. The second kappa shape index (κ2) is 8.14. The number of aromatic amines is 1. The molecule has 3 amide bonds. The van der Waals surface area contributed by atoms with E-state index in [4.69, 9.17) is 23.2 Å². The SMILES string of the molecule is O=C1[C@@H]2[C@H](Cc3c[nH]c4ccccc34)N[C@@]3(C(=O)Nc4ccc(Cl)cc43)[C@@H]2C(=O)N1c1ccc(F)c(Cl)c1. The molecule has 0 unspecified atom stereocenters. The summed E-state index contributed by atoms with van der Waals surface area (Å²) in [7, 11) is 0. The molecule has 4 atom stereocenters. The quantitative estimate of drug-likeness (QED) is 0.321. The number of imide groups is 1. The number of rotatable bonds is 3. The van der Waals surface area contributed by atoms with Crippen molar-refractivity contribution in [1.82, 2.24) is 10.3 Å². The summed E-state index contributed by atoms with van der Waals surface area (Å²) in [5, 5.41) is 7.47. The fourth-order valence-corrected chi connectivity index (χ4v) is 6.71. The Labute approximate surface area is 225 Å². The van der Waals surface area contributed by atoms with Crippen molar-refractivity contribution in [2.45, 2.75) is 18.0 Å². The Morgan fingerprint density at radius 2 is 1.79 bits per heavy atom. The van der Waals surface area contributed by atoms with Crippen molar-refractivity contribution in [3.8, 4) is 0 Å². The van der Waals surface area contributed by atoms with Crippen LogP contribution in [0.15, 0.2) is 66.9 Å². The van der Waals surface area contributed by atoms with Crippen molar-refractivity contribution < 1.29 is 18.8 Å². The summed E-state index contributed by atoms with van der Waals surface area (Å²) in [6.45, 7) is 0. The smallest absolute Gasteiger partial charge is 0.250 e. The molecule has 0 bridgehead atoms. The number of carbonyl (C=O) groups is 3. The molecule has 2 saturated heterocycles. The first-order chi connectivity index (χ1) is 18.3. The summed E-state index contributed by atoms with van der Waals surface area (Å²) in [6.07, 6.45) is 2.26. The number of carbonyl (C=O) groups excluding carboxylic acids is 3. The van der Waals surface area contributed by atoms with Crippen LogP contribution in [0.25, 0.3) is 10.9 Å². The molecular weight excluding hydrogens is 530 g/mol. The molecule has 3 aliphatic heterocycles. The minimum atomic E-state index is -1.51. The molecule has 0 radical (unpaired) electrons. The van der Waals surface area contributed by atoms with Gasteiger partial charge in [0.25, 0.3) is 0 Å². The van der Waals surface area contributed by atoms with E-state index in [1.165, 1.54) is 12.1 Å². The maximum Gasteiger partial charge on any atom is 0.250 e. The number of halogens is 3. The first-order valence-electron chi connectivity index (χ1n) is 12.1. The lowest BCUT2D eigenvalue weighted by Crippen LogP contribution is -2.53. The van der Waals surface area contributed by atoms with Gasteiger partial charge in [0.15, 0.2) is 0 Å². The van der Waals surface area contributed by atoms with Crippen LogP contribution in [0.5, 0.6) is 0 Å². The van der Waals surface area contributed by atoms with Crippen LogP contribution in [0.2, 0.25) is 10.0 Å². The topological polar surface area (TPSA) is 94.3 Å². The van der Waals surface area contributed by atoms with Crippen LogP contribution >= 0.6 is 23.2 Å². The maximum atomic E-state index is 14.1. The molecule has 3 aromatic carbocycles. The minimum Gasteiger partial charge on any atom is -0.361 e. The van der Waals surface area contributed by atoms with Gasteiger partial charge in [-0.15, -0.1) is 0 Å². The third kappa shape index (κ3) is 3.08. The van der Waals surface area contributed by atoms with E-state index >= 15 is 0 Å². The molecule has 4 aromatic rings. The predicted molar refractivity (Wildman–Crippen MR) is 142 cm³/mol. The van der Waals surface area contributed by atoms with Gasteiger partial charge in [0.1, 0.15) is 11.4 Å². The molecule has 4 heterocycles. The summed E-state index contributed by atoms with van der Waals surface area (Å²) in [4.78, 5) is 46.0. The van der Waals surface area contributed by atoms with Crippen LogP contribution in [0, 0.1) is 17.7 Å². The number of H-pyrrole nitrogens is 1. The number of fused-ring (bicyclic) bond motifs is 5. The van der Waals surface area contributed by atoms with E-state index in [9.17, 15) is 18.8 Å². The standard InChI is InChI=1S/C28H19Cl2FN4O3/c29-14-5-8-21-17(10-14)28(27(38)33-21)24-23(22(34-28)9-13-12-32-20-4-2-1-3-16(13)20)25(36)35(26(24)37)15-6-7-19(31)18(30)11-15/h1-8,10-12,22-24,32,34H,9H2,(H,33,38)/t22-,23+,24-,28+/m0/s1. The van der Waals surface area contributed by atoms with Gasteiger partial charge in [-0.25, -0.2) is 9.29 Å². The zero-order chi connectivity index (χ0) is 26.3. The van der Waals surface area contributed by atoms with Gasteiger partial charge in [0.2, 0.25) is 17.7 Å². The van der Waals surface area contributed by atoms with Crippen LogP contribution in [0.4, 0.5) is 15.8 Å². The van der Waals surface area contributed by atoms with Crippen LogP contribution < -0.4 is 15.5 Å². The average molecular weight is 549 g/mol. The number of amides is 3. The lowest BCUT2D eigenvalue weighted by atomic mass is 9.76. The number of hydrogen-bond acceptors (Lipinski definition) is 4. The summed E-state index contributed by atoms with van der Waals surface area (Å²) in [5.74, 6) is -4.03. The van der Waals surface area contributed by atoms with Gasteiger partial charge in [-0.2, -0.15) is 0 Å². The van der Waals surface area contributed by atoms with E-state index < -0.39 is 47.0 Å². The lowest BCUT2D eigenvalue weighted by molar-refractivity contribution is -0.130. The highest BCUT2D eigenvalue weighted by Crippen LogP contribution is 2.54. The van der Waals surface area contributed by atoms with Crippen molar-refractivity contribution in [3.05, 3.63) is 93.8 Å². The lowest BCUT2D eigenvalue weighted by Gasteiger charge is -2.29. The number of aromatic nitrogens is 1. The van der Waals surface area contributed by atoms with E-state index in [1.54, 1.807) is 18.2 Å². The van der Waals surface area contributed by atoms with Gasteiger partial charge in [-0.05, 0) is 54.4 Å². The second-order valence-electron chi connectivity index (χ2n) is 9.88. The highest BCUT2D eigenvalue weighted by Gasteiger charge is 2.70. The predicted octanol–water partition coefficient (Wildman–Crippen LogP) is 4.78. The van der Waals surface area contributed by atoms with E-state index in [0.717, 1.165) is 27.4 Å². The van der Waals surface area contributed by atoms with Gasteiger partial charge in [0.05, 0.1) is 22.5 Å². The number of hydrogen-bond donors (Lipinski definition) is 3. The largest absolute Gasteiger partial charge is 0.361 e. The van der Waals surface area contributed by atoms with E-state index in [2.05, 4.69) is 15.6 Å². The zero-order valence-corrected chi connectivity index (χ0v) is 21.1. The van der Waals surface area contributed by atoms with E-state index in [1.807, 2.05) is 30.5 Å². The third-order valence-corrected chi connectivity index (χ3v) is 8.48. The van der Waals surface area contributed by atoms with Gasteiger partial charge >= 0.3 is 0 Å². The average Bonchev–Trinajstić information content (AvgIpc) is 3.60. The fourth-order valence-electron chi connectivity index (χ4n) is 6.36. The molecule has 3 N–H and O–H groups in total.